The van der Waals surface area contributed by atoms with Crippen LogP contribution in [0.2, 0.25) is 0 Å². The summed E-state index contributed by atoms with van der Waals surface area (Å²) in [7, 11) is 0. The summed E-state index contributed by atoms with van der Waals surface area (Å²) in [6, 6.07) is 38.8. The van der Waals surface area contributed by atoms with Crippen molar-refractivity contribution in [3.8, 4) is 11.1 Å². The molecular weight excluding hydrogens is 992 g/mol. The number of hydrogen-bond donors (Lipinski definition) is 2. The molecule has 0 spiro atoms. The third kappa shape index (κ3) is 11.9. The van der Waals surface area contributed by atoms with Crippen molar-refractivity contribution in [1.29, 1.82) is 0 Å². The van der Waals surface area contributed by atoms with Crippen molar-refractivity contribution < 1.29 is 4.39 Å². The van der Waals surface area contributed by atoms with E-state index in [1.54, 1.807) is 23.6 Å². The number of nitrogens with zero attached hydrogens (tertiary/aromatic N) is 6. The molecule has 406 valence electrons. The van der Waals surface area contributed by atoms with Crippen LogP contribution < -0.4 is 31.1 Å². The fraction of sp³-hybridized carbons (Fsp3) is 0.304. The zero-order valence-corrected chi connectivity index (χ0v) is 48.0. The molecule has 0 aliphatic carbocycles. The number of nitrogens with one attached hydrogen (secondary N) is 2. The van der Waals surface area contributed by atoms with Gasteiger partial charge < -0.3 is 25.0 Å². The van der Waals surface area contributed by atoms with Crippen molar-refractivity contribution in [2.24, 2.45) is 5.41 Å². The molecule has 2 aliphatic heterocycles. The van der Waals surface area contributed by atoms with Crippen LogP contribution in [0.1, 0.15) is 104 Å². The number of aromatic nitrogens is 3. The van der Waals surface area contributed by atoms with Gasteiger partial charge in [-0.1, -0.05) is 158 Å². The Morgan fingerprint density at radius 3 is 2.28 bits per heavy atom. The molecule has 0 amide bonds. The van der Waals surface area contributed by atoms with Gasteiger partial charge in [-0.25, -0.2) is 14.4 Å². The van der Waals surface area contributed by atoms with E-state index in [2.05, 4.69) is 182 Å². The first-order chi connectivity index (χ1) is 38.1. The number of hydrogen-bond acceptors (Lipinski definition) is 8. The molecule has 3 aromatic heterocycles. The minimum Gasteiger partial charge on any atom is -0.367 e. The van der Waals surface area contributed by atoms with Crippen LogP contribution in [0.5, 0.6) is 0 Å². The van der Waals surface area contributed by atoms with E-state index in [0.717, 1.165) is 167 Å². The van der Waals surface area contributed by atoms with Gasteiger partial charge in [-0.2, -0.15) is 0 Å². The largest absolute Gasteiger partial charge is 0.367 e. The van der Waals surface area contributed by atoms with Crippen molar-refractivity contribution in [2.45, 2.75) is 92.2 Å². The van der Waals surface area contributed by atoms with E-state index in [1.807, 2.05) is 18.2 Å². The number of halogens is 1. The van der Waals surface area contributed by atoms with Crippen LogP contribution in [-0.2, 0) is 25.8 Å². The quantitative estimate of drug-likeness (QED) is 0.0788. The van der Waals surface area contributed by atoms with E-state index in [0.29, 0.717) is 5.69 Å². The van der Waals surface area contributed by atoms with Crippen LogP contribution in [0.4, 0.5) is 21.0 Å². The Balaban J connectivity index is 0.777. The maximum atomic E-state index is 15.9. The molecule has 0 bridgehead atoms. The molecule has 79 heavy (non-hydrogen) atoms. The summed E-state index contributed by atoms with van der Waals surface area (Å²) in [5, 5.41) is 10.9. The van der Waals surface area contributed by atoms with Gasteiger partial charge in [0.2, 0.25) is 0 Å². The van der Waals surface area contributed by atoms with Gasteiger partial charge in [0.25, 0.3) is 0 Å². The van der Waals surface area contributed by atoms with E-state index >= 15 is 4.39 Å². The van der Waals surface area contributed by atoms with Gasteiger partial charge in [0.15, 0.2) is 5.13 Å². The molecule has 5 heterocycles. The summed E-state index contributed by atoms with van der Waals surface area (Å²) in [6.07, 6.45) is 8.14. The number of allylic oxidation sites excluding steroid dienone is 2. The van der Waals surface area contributed by atoms with E-state index < -0.39 is 0 Å². The van der Waals surface area contributed by atoms with Gasteiger partial charge in [-0.05, 0) is 145 Å². The van der Waals surface area contributed by atoms with Crippen molar-refractivity contribution in [1.82, 2.24) is 24.8 Å². The molecule has 2 aliphatic rings. The van der Waals surface area contributed by atoms with E-state index in [-0.39, 0.29) is 17.3 Å². The van der Waals surface area contributed by atoms with Crippen LogP contribution in [0.25, 0.3) is 56.5 Å². The SMILES string of the molecule is C=CNC(=C)C(CCC)n1c(=C)c2cc(F)c(N3CCN(CCCc4ccc(Cc5cccc(-c6ccc(N7CCc8cccc(C(=C)Nc9nc%10ccccc%10s9)c8C7)nc6C(=C)CC(C)(C)C)c5C)cc4)CC3)cc2c1=C. The van der Waals surface area contributed by atoms with Crippen molar-refractivity contribution >= 4 is 73.4 Å². The number of anilines is 3. The van der Waals surface area contributed by atoms with Crippen LogP contribution in [0.15, 0.2) is 147 Å². The Kier molecular flexibility index (Phi) is 16.3. The van der Waals surface area contributed by atoms with Crippen LogP contribution in [0.3, 0.4) is 0 Å². The average Bonchev–Trinajstić information content (AvgIpc) is 4.22. The minimum atomic E-state index is -0.215. The predicted octanol–water partition coefficient (Wildman–Crippen LogP) is 14.6. The minimum absolute atomic E-state index is 0.0444. The first-order valence-electron chi connectivity index (χ1n) is 28.2. The number of rotatable bonds is 20. The fourth-order valence-electron chi connectivity index (χ4n) is 12.0. The molecule has 5 aromatic carbocycles. The summed E-state index contributed by atoms with van der Waals surface area (Å²) < 4.78 is 19.2. The molecular formula is C69H77FN8S. The Bertz CT molecular complexity index is 3670. The molecule has 1 atom stereocenters. The van der Waals surface area contributed by atoms with E-state index in [4.69, 9.17) is 16.5 Å². The molecule has 2 N–H and O–H groups in total. The predicted molar refractivity (Wildman–Crippen MR) is 336 cm³/mol. The maximum Gasteiger partial charge on any atom is 0.188 e. The molecule has 10 heteroatoms. The molecule has 1 saturated heterocycles. The molecule has 8 nitrogen and oxygen atoms in total. The van der Waals surface area contributed by atoms with Gasteiger partial charge in [-0.15, -0.1) is 0 Å². The number of benzene rings is 5. The third-order valence-corrected chi connectivity index (χ3v) is 17.0. The highest BCUT2D eigenvalue weighted by atomic mass is 32.1. The summed E-state index contributed by atoms with van der Waals surface area (Å²) in [5.41, 5.74) is 16.7. The lowest BCUT2D eigenvalue weighted by molar-refractivity contribution is 0.254. The summed E-state index contributed by atoms with van der Waals surface area (Å²) in [4.78, 5) is 17.5. The third-order valence-electron chi connectivity index (χ3n) is 16.1. The number of pyridine rings is 1. The van der Waals surface area contributed by atoms with Gasteiger partial charge >= 0.3 is 0 Å². The van der Waals surface area contributed by atoms with Gasteiger partial charge in [0, 0.05) is 83.3 Å². The van der Waals surface area contributed by atoms with E-state index in [9.17, 15) is 0 Å². The van der Waals surface area contributed by atoms with Crippen molar-refractivity contribution in [2.75, 3.05) is 54.4 Å². The molecule has 8 aromatic rings. The Labute approximate surface area is 471 Å². The normalized spacial score (nSPS) is 14.4. The smallest absolute Gasteiger partial charge is 0.188 e. The van der Waals surface area contributed by atoms with Gasteiger partial charge in [-0.3, -0.25) is 4.90 Å². The summed E-state index contributed by atoms with van der Waals surface area (Å²) in [6.45, 7) is 43.3. The zero-order valence-electron chi connectivity index (χ0n) is 47.2. The van der Waals surface area contributed by atoms with Gasteiger partial charge in [0.1, 0.15) is 11.6 Å². The fourth-order valence-corrected chi connectivity index (χ4v) is 12.9. The molecule has 0 radical (unpaired) electrons. The van der Waals surface area contributed by atoms with Crippen molar-refractivity contribution in [3.05, 3.63) is 209 Å². The number of thiazole rings is 1. The average molecular weight is 1070 g/mol. The first kappa shape index (κ1) is 54.8. The zero-order chi connectivity index (χ0) is 55.5. The van der Waals surface area contributed by atoms with E-state index in [1.165, 1.54) is 38.9 Å². The summed E-state index contributed by atoms with van der Waals surface area (Å²) in [5.74, 6) is 0.749. The second kappa shape index (κ2) is 23.4. The van der Waals surface area contributed by atoms with Crippen molar-refractivity contribution in [3.63, 3.8) is 0 Å². The maximum absolute atomic E-state index is 15.9. The monoisotopic (exact) mass is 1070 g/mol. The number of piperazine rings is 1. The Morgan fingerprint density at radius 1 is 0.810 bits per heavy atom. The molecule has 1 unspecified atom stereocenters. The van der Waals surface area contributed by atoms with Crippen LogP contribution in [0, 0.1) is 18.2 Å². The summed E-state index contributed by atoms with van der Waals surface area (Å²) >= 11 is 1.65. The second-order valence-electron chi connectivity index (χ2n) is 22.9. The molecule has 10 rings (SSSR count). The van der Waals surface area contributed by atoms with Crippen LogP contribution >= 0.6 is 11.3 Å². The topological polar surface area (TPSA) is 64.5 Å². The lowest BCUT2D eigenvalue weighted by Gasteiger charge is -2.36. The second-order valence-corrected chi connectivity index (χ2v) is 23.9. The highest BCUT2D eigenvalue weighted by Gasteiger charge is 2.26. The lowest BCUT2D eigenvalue weighted by Crippen LogP contribution is -2.47. The van der Waals surface area contributed by atoms with Gasteiger partial charge in [0.05, 0.1) is 27.6 Å². The highest BCUT2D eigenvalue weighted by molar-refractivity contribution is 7.22. The number of aryl methyl sites for hydroxylation is 1. The van der Waals surface area contributed by atoms with Crippen LogP contribution in [-0.4, -0.2) is 58.7 Å². The number of fused-ring (bicyclic) bond motifs is 3. The highest BCUT2D eigenvalue weighted by Crippen LogP contribution is 2.39. The Morgan fingerprint density at radius 2 is 1.54 bits per heavy atom. The standard InChI is InChI=1S/C69H77FN8S/c1-12-19-63(48(6)71-13-2)78-49(7)58-41-61(70)64(42-59(58)50(78)8)76-38-36-75(37-39-76)34-18-20-51-27-29-52(30-28-51)40-54-22-17-23-55(46(54)4)57-31-32-66(74-67(57)45(3)43-69(9,10)11)77-35-33-53-21-16-24-56(60(53)44-77)47(5)72-68-73-62-25-14-15-26-65(62)79-68/h13-17,21-32,41-42,63,71H,2-3,5-8,12,18-20,33-40,43-44H2,1,4,9-11H3,(H,72,73). The first-order valence-corrected chi connectivity index (χ1v) is 29.0. The molecule has 1 fully saturated rings. The molecule has 0 saturated carbocycles. The number of para-hydroxylation sites is 1. The Hall–Kier alpha value is -7.53. The lowest BCUT2D eigenvalue weighted by atomic mass is 9.84.